The van der Waals surface area contributed by atoms with Crippen LogP contribution in [0.2, 0.25) is 10.0 Å². The molecule has 0 saturated heterocycles. The lowest BCUT2D eigenvalue weighted by Gasteiger charge is -2.36. The molecule has 6 heteroatoms. The number of likely N-dealkylation sites (N-methyl/N-ethyl adjacent to an activating group) is 1. The fourth-order valence-electron chi connectivity index (χ4n) is 4.01. The van der Waals surface area contributed by atoms with E-state index in [4.69, 9.17) is 23.2 Å². The molecule has 4 nitrogen and oxygen atoms in total. The number of halogens is 2. The van der Waals surface area contributed by atoms with Crippen LogP contribution in [0.1, 0.15) is 47.6 Å². The average molecular weight is 407 g/mol. The highest BCUT2D eigenvalue weighted by Crippen LogP contribution is 2.41. The van der Waals surface area contributed by atoms with Gasteiger partial charge in [0.15, 0.2) is 0 Å². The van der Waals surface area contributed by atoms with Gasteiger partial charge in [-0.1, -0.05) is 29.3 Å². The second kappa shape index (κ2) is 8.27. The zero-order valence-electron chi connectivity index (χ0n) is 15.6. The number of aromatic nitrogens is 1. The molecule has 0 bridgehead atoms. The van der Waals surface area contributed by atoms with Crippen LogP contribution in [0.3, 0.4) is 0 Å². The summed E-state index contributed by atoms with van der Waals surface area (Å²) in [4.78, 5) is 17.4. The van der Waals surface area contributed by atoms with E-state index in [1.807, 2.05) is 25.1 Å². The van der Waals surface area contributed by atoms with Gasteiger partial charge in [0.1, 0.15) is 11.4 Å². The number of carbonyl (C=O) groups is 1. The molecule has 2 aromatic rings. The molecule has 3 rings (SSSR count). The minimum Gasteiger partial charge on any atom is -0.382 e. The van der Waals surface area contributed by atoms with Gasteiger partial charge in [-0.2, -0.15) is 0 Å². The number of rotatable bonds is 6. The summed E-state index contributed by atoms with van der Waals surface area (Å²) >= 11 is 12.3. The van der Waals surface area contributed by atoms with Gasteiger partial charge in [-0.25, -0.2) is 0 Å². The van der Waals surface area contributed by atoms with Gasteiger partial charge in [0.2, 0.25) is 0 Å². The lowest BCUT2D eigenvalue weighted by molar-refractivity contribution is -0.121. The number of hydrogen-bond acceptors (Lipinski definition) is 4. The fourth-order valence-corrected chi connectivity index (χ4v) is 4.70. The Morgan fingerprint density at radius 2 is 2.19 bits per heavy atom. The van der Waals surface area contributed by atoms with E-state index in [2.05, 4.69) is 10.3 Å². The highest BCUT2D eigenvalue weighted by molar-refractivity contribution is 6.35. The van der Waals surface area contributed by atoms with Gasteiger partial charge in [-0.3, -0.25) is 9.78 Å². The maximum Gasteiger partial charge on any atom is 0.140 e. The molecular formula is C21H24Cl2N2O2. The Morgan fingerprint density at radius 3 is 2.89 bits per heavy atom. The van der Waals surface area contributed by atoms with Crippen molar-refractivity contribution in [3.05, 3.63) is 62.9 Å². The Kier molecular flexibility index (Phi) is 6.21. The zero-order valence-corrected chi connectivity index (χ0v) is 17.1. The van der Waals surface area contributed by atoms with Crippen LogP contribution in [0.15, 0.2) is 30.5 Å². The quantitative estimate of drug-likeness (QED) is 0.754. The van der Waals surface area contributed by atoms with E-state index < -0.39 is 5.60 Å². The molecule has 0 aliphatic heterocycles. The number of carbonyl (C=O) groups excluding carboxylic acids is 1. The first-order chi connectivity index (χ1) is 12.9. The summed E-state index contributed by atoms with van der Waals surface area (Å²) in [5.74, 6) is -0.0848. The van der Waals surface area contributed by atoms with Crippen molar-refractivity contribution in [1.82, 2.24) is 10.3 Å². The summed E-state index contributed by atoms with van der Waals surface area (Å²) < 4.78 is 0. The number of hydrogen-bond donors (Lipinski definition) is 2. The van der Waals surface area contributed by atoms with Gasteiger partial charge in [0.05, 0.1) is 5.69 Å². The van der Waals surface area contributed by atoms with E-state index in [0.717, 1.165) is 16.7 Å². The first kappa shape index (κ1) is 20.3. The van der Waals surface area contributed by atoms with E-state index >= 15 is 0 Å². The van der Waals surface area contributed by atoms with Crippen molar-refractivity contribution in [2.45, 2.75) is 44.1 Å². The largest absolute Gasteiger partial charge is 0.382 e. The zero-order chi connectivity index (χ0) is 19.6. The third kappa shape index (κ3) is 4.19. The SMILES string of the molecule is CNCC1(O)CCC(C(=O)CCc2c(C)cc(Cl)cc2Cl)c2cccnc21. The predicted molar refractivity (Wildman–Crippen MR) is 109 cm³/mol. The number of aliphatic hydroxyl groups is 1. The lowest BCUT2D eigenvalue weighted by Crippen LogP contribution is -2.42. The molecule has 2 unspecified atom stereocenters. The van der Waals surface area contributed by atoms with Crippen LogP contribution >= 0.6 is 23.2 Å². The van der Waals surface area contributed by atoms with Gasteiger partial charge >= 0.3 is 0 Å². The van der Waals surface area contributed by atoms with E-state index in [-0.39, 0.29) is 11.7 Å². The maximum absolute atomic E-state index is 13.0. The molecule has 27 heavy (non-hydrogen) atoms. The molecule has 0 saturated carbocycles. The van der Waals surface area contributed by atoms with E-state index in [9.17, 15) is 9.90 Å². The molecule has 2 atom stereocenters. The van der Waals surface area contributed by atoms with Crippen LogP contribution in [0.5, 0.6) is 0 Å². The van der Waals surface area contributed by atoms with E-state index in [1.165, 1.54) is 0 Å². The van der Waals surface area contributed by atoms with Crippen molar-refractivity contribution in [3.8, 4) is 0 Å². The molecule has 1 aromatic carbocycles. The normalized spacial score (nSPS) is 21.7. The summed E-state index contributed by atoms with van der Waals surface area (Å²) in [6.07, 6.45) is 3.76. The molecule has 0 radical (unpaired) electrons. The molecule has 0 fully saturated rings. The first-order valence-electron chi connectivity index (χ1n) is 9.15. The Labute approximate surface area is 169 Å². The number of ketones is 1. The third-order valence-electron chi connectivity index (χ3n) is 5.36. The molecular weight excluding hydrogens is 383 g/mol. The second-order valence-electron chi connectivity index (χ2n) is 7.24. The van der Waals surface area contributed by atoms with Crippen molar-refractivity contribution in [2.24, 2.45) is 0 Å². The number of Topliss-reactive ketones (excluding diaryl/α,β-unsaturated/α-hetero) is 1. The predicted octanol–water partition coefficient (Wildman–Crippen LogP) is 4.18. The minimum absolute atomic E-state index is 0.154. The fraction of sp³-hybridized carbons (Fsp3) is 0.429. The second-order valence-corrected chi connectivity index (χ2v) is 8.09. The molecule has 144 valence electrons. The molecule has 0 spiro atoms. The standard InChI is InChI=1S/C21H24Cl2N2O2/c1-13-10-14(22)11-18(23)15(13)5-6-19(26)16-7-8-21(27,12-24-2)20-17(16)4-3-9-25-20/h3-4,9-11,16,24,27H,5-8,12H2,1-2H3. The Hall–Kier alpha value is -1.46. The van der Waals surface area contributed by atoms with Crippen LogP contribution in [0, 0.1) is 6.92 Å². The molecule has 1 aliphatic rings. The Bertz CT molecular complexity index is 833. The van der Waals surface area contributed by atoms with Crippen molar-refractivity contribution >= 4 is 29.0 Å². The van der Waals surface area contributed by atoms with Gasteiger partial charge in [-0.15, -0.1) is 0 Å². The molecule has 1 heterocycles. The number of nitrogens with one attached hydrogen (secondary N) is 1. The van der Waals surface area contributed by atoms with Gasteiger partial charge in [0, 0.05) is 35.1 Å². The number of pyridine rings is 1. The van der Waals surface area contributed by atoms with Crippen LogP contribution < -0.4 is 5.32 Å². The Morgan fingerprint density at radius 1 is 1.41 bits per heavy atom. The minimum atomic E-state index is -1.03. The van der Waals surface area contributed by atoms with Crippen LogP contribution in [-0.2, 0) is 16.8 Å². The van der Waals surface area contributed by atoms with Crippen molar-refractivity contribution in [3.63, 3.8) is 0 Å². The topological polar surface area (TPSA) is 62.2 Å². The van der Waals surface area contributed by atoms with E-state index in [0.29, 0.717) is 48.0 Å². The van der Waals surface area contributed by atoms with E-state index in [1.54, 1.807) is 19.3 Å². The smallest absolute Gasteiger partial charge is 0.140 e. The number of nitrogens with zero attached hydrogens (tertiary/aromatic N) is 1. The molecule has 2 N–H and O–H groups in total. The summed E-state index contributed by atoms with van der Waals surface area (Å²) in [5.41, 5.74) is 2.38. The van der Waals surface area contributed by atoms with Gasteiger partial charge in [-0.05, 0) is 68.1 Å². The van der Waals surface area contributed by atoms with Gasteiger partial charge < -0.3 is 10.4 Å². The highest BCUT2D eigenvalue weighted by Gasteiger charge is 2.40. The first-order valence-corrected chi connectivity index (χ1v) is 9.91. The van der Waals surface area contributed by atoms with Crippen LogP contribution in [0.4, 0.5) is 0 Å². The summed E-state index contributed by atoms with van der Waals surface area (Å²) in [5, 5.41) is 15.2. The lowest BCUT2D eigenvalue weighted by atomic mass is 9.74. The number of benzene rings is 1. The number of aryl methyl sites for hydroxylation is 1. The van der Waals surface area contributed by atoms with Crippen molar-refractivity contribution in [1.29, 1.82) is 0 Å². The molecule has 1 aliphatic carbocycles. The summed E-state index contributed by atoms with van der Waals surface area (Å²) in [6, 6.07) is 7.31. The molecule has 0 amide bonds. The maximum atomic E-state index is 13.0. The van der Waals surface area contributed by atoms with Crippen molar-refractivity contribution < 1.29 is 9.90 Å². The van der Waals surface area contributed by atoms with Crippen LogP contribution in [0.25, 0.3) is 0 Å². The highest BCUT2D eigenvalue weighted by atomic mass is 35.5. The summed E-state index contributed by atoms with van der Waals surface area (Å²) in [7, 11) is 1.80. The average Bonchev–Trinajstić information content (AvgIpc) is 2.61. The van der Waals surface area contributed by atoms with Crippen LogP contribution in [-0.4, -0.2) is 29.5 Å². The van der Waals surface area contributed by atoms with Gasteiger partial charge in [0.25, 0.3) is 0 Å². The Balaban J connectivity index is 1.80. The monoisotopic (exact) mass is 406 g/mol. The number of fused-ring (bicyclic) bond motifs is 1. The third-order valence-corrected chi connectivity index (χ3v) is 5.92. The molecule has 1 aromatic heterocycles. The van der Waals surface area contributed by atoms with Crippen molar-refractivity contribution in [2.75, 3.05) is 13.6 Å². The summed E-state index contributed by atoms with van der Waals surface area (Å²) in [6.45, 7) is 2.37.